The Hall–Kier alpha value is -3.40. The van der Waals surface area contributed by atoms with Crippen molar-refractivity contribution in [2.75, 3.05) is 19.6 Å². The third-order valence-corrected chi connectivity index (χ3v) is 6.79. The molecule has 4 rings (SSSR count). The molecule has 0 spiro atoms. The summed E-state index contributed by atoms with van der Waals surface area (Å²) < 4.78 is 40.0. The number of hydrogen-bond donors (Lipinski definition) is 1. The lowest BCUT2D eigenvalue weighted by atomic mass is 10.0. The molecule has 7 nitrogen and oxygen atoms in total. The van der Waals surface area contributed by atoms with E-state index in [1.165, 1.54) is 17.0 Å². The van der Waals surface area contributed by atoms with Crippen LogP contribution in [0.15, 0.2) is 53.6 Å². The molecular formula is C27H28ClF3N4O3. The van der Waals surface area contributed by atoms with Gasteiger partial charge in [0.1, 0.15) is 12.6 Å². The van der Waals surface area contributed by atoms with E-state index < -0.39 is 36.1 Å². The van der Waals surface area contributed by atoms with Crippen molar-refractivity contribution in [1.82, 2.24) is 15.2 Å². The van der Waals surface area contributed by atoms with Gasteiger partial charge in [-0.05, 0) is 67.5 Å². The number of hydrazone groups is 1. The molecule has 0 aromatic heterocycles. The first kappa shape index (κ1) is 27.6. The number of benzene rings is 2. The molecule has 2 aromatic rings. The first-order valence-electron chi connectivity index (χ1n) is 12.4. The zero-order valence-electron chi connectivity index (χ0n) is 20.8. The maximum atomic E-state index is 13.3. The van der Waals surface area contributed by atoms with Crippen LogP contribution in [-0.4, -0.2) is 53.0 Å². The van der Waals surface area contributed by atoms with Gasteiger partial charge in [-0.15, -0.1) is 0 Å². The smallest absolute Gasteiger partial charge is 0.340 e. The Balaban J connectivity index is 1.56. The standard InChI is InChI=1S/C27H28ClF3N4O3/c1-17(19-8-10-22(28)11-9-19)33-35(24(37)14-18-6-7-18)16-23(36)32-25(26(38)34-12-3-13-34)20-4-2-5-21(15-20)27(29,30)31/h2,4-5,8-11,15,18,25H,3,6-7,12-14,16H2,1H3,(H,32,36)/b33-17+. The number of halogens is 4. The van der Waals surface area contributed by atoms with Gasteiger partial charge in [0.25, 0.3) is 0 Å². The monoisotopic (exact) mass is 548 g/mol. The van der Waals surface area contributed by atoms with Gasteiger partial charge < -0.3 is 10.2 Å². The Bertz CT molecular complexity index is 1220. The number of nitrogens with one attached hydrogen (secondary N) is 1. The van der Waals surface area contributed by atoms with Crippen molar-refractivity contribution in [3.8, 4) is 0 Å². The second-order valence-electron chi connectivity index (χ2n) is 9.59. The average molecular weight is 549 g/mol. The van der Waals surface area contributed by atoms with Crippen molar-refractivity contribution >= 4 is 35.0 Å². The summed E-state index contributed by atoms with van der Waals surface area (Å²) in [6.07, 6.45) is -1.75. The normalized spacial score (nSPS) is 16.4. The minimum absolute atomic E-state index is 0.0155. The molecule has 0 bridgehead atoms. The first-order valence-corrected chi connectivity index (χ1v) is 12.8. The summed E-state index contributed by atoms with van der Waals surface area (Å²) in [5.74, 6) is -1.32. The van der Waals surface area contributed by atoms with E-state index in [0.717, 1.165) is 36.4 Å². The van der Waals surface area contributed by atoms with Gasteiger partial charge in [0.05, 0.1) is 11.3 Å². The van der Waals surface area contributed by atoms with Crippen LogP contribution in [0.5, 0.6) is 0 Å². The number of carbonyl (C=O) groups is 3. The van der Waals surface area contributed by atoms with Crippen LogP contribution in [0.2, 0.25) is 5.02 Å². The topological polar surface area (TPSA) is 82.1 Å². The molecular weight excluding hydrogens is 521 g/mol. The summed E-state index contributed by atoms with van der Waals surface area (Å²) >= 11 is 5.95. The lowest BCUT2D eigenvalue weighted by molar-refractivity contribution is -0.141. The minimum Gasteiger partial charge on any atom is -0.340 e. The summed E-state index contributed by atoms with van der Waals surface area (Å²) in [7, 11) is 0. The molecule has 1 aliphatic heterocycles. The van der Waals surface area contributed by atoms with Crippen molar-refractivity contribution in [3.63, 3.8) is 0 Å². The zero-order chi connectivity index (χ0) is 27.4. The molecule has 3 amide bonds. The Morgan fingerprint density at radius 1 is 1.13 bits per heavy atom. The Morgan fingerprint density at radius 2 is 1.82 bits per heavy atom. The van der Waals surface area contributed by atoms with Crippen molar-refractivity contribution in [2.24, 2.45) is 11.0 Å². The van der Waals surface area contributed by atoms with E-state index in [1.807, 2.05) is 0 Å². The van der Waals surface area contributed by atoms with Gasteiger partial charge in [-0.1, -0.05) is 35.9 Å². The molecule has 0 radical (unpaired) electrons. The van der Waals surface area contributed by atoms with Gasteiger partial charge in [0.15, 0.2) is 0 Å². The first-order chi connectivity index (χ1) is 18.0. The van der Waals surface area contributed by atoms with Gasteiger partial charge in [-0.2, -0.15) is 18.3 Å². The molecule has 1 saturated carbocycles. The SMILES string of the molecule is C/C(=N\N(CC(=O)NC(C(=O)N1CCC1)c1cccc(C(F)(F)F)c1)C(=O)CC1CC1)c1ccc(Cl)cc1. The number of nitrogens with zero attached hydrogens (tertiary/aromatic N) is 3. The molecule has 11 heteroatoms. The highest BCUT2D eigenvalue weighted by Gasteiger charge is 2.35. The summed E-state index contributed by atoms with van der Waals surface area (Å²) in [5, 5.41) is 8.54. The second kappa shape index (κ2) is 11.6. The highest BCUT2D eigenvalue weighted by Crippen LogP contribution is 2.33. The van der Waals surface area contributed by atoms with Crippen molar-refractivity contribution in [3.05, 3.63) is 70.2 Å². The number of amides is 3. The fraction of sp³-hybridized carbons (Fsp3) is 0.407. The van der Waals surface area contributed by atoms with Crippen LogP contribution < -0.4 is 5.32 Å². The number of hydrogen-bond acceptors (Lipinski definition) is 4. The van der Waals surface area contributed by atoms with E-state index in [-0.39, 0.29) is 23.8 Å². The Morgan fingerprint density at radius 3 is 2.39 bits per heavy atom. The predicted molar refractivity (Wildman–Crippen MR) is 136 cm³/mol. The largest absolute Gasteiger partial charge is 0.416 e. The fourth-order valence-electron chi connectivity index (χ4n) is 4.03. The summed E-state index contributed by atoms with van der Waals surface area (Å²) in [6, 6.07) is 9.85. The van der Waals surface area contributed by atoms with Crippen molar-refractivity contribution in [1.29, 1.82) is 0 Å². The van der Waals surface area contributed by atoms with Crippen LogP contribution in [0.3, 0.4) is 0 Å². The second-order valence-corrected chi connectivity index (χ2v) is 10.0. The summed E-state index contributed by atoms with van der Waals surface area (Å²) in [4.78, 5) is 40.7. The zero-order valence-corrected chi connectivity index (χ0v) is 21.6. The molecule has 2 fully saturated rings. The van der Waals surface area contributed by atoms with Crippen LogP contribution in [0, 0.1) is 5.92 Å². The Labute approximate surface area is 223 Å². The molecule has 1 heterocycles. The molecule has 2 aliphatic rings. The van der Waals surface area contributed by atoms with Crippen LogP contribution in [-0.2, 0) is 20.6 Å². The molecule has 38 heavy (non-hydrogen) atoms. The molecule has 1 saturated heterocycles. The van der Waals surface area contributed by atoms with Gasteiger partial charge in [0.2, 0.25) is 17.7 Å². The highest BCUT2D eigenvalue weighted by atomic mass is 35.5. The lowest BCUT2D eigenvalue weighted by Gasteiger charge is -2.34. The van der Waals surface area contributed by atoms with Crippen LogP contribution in [0.1, 0.15) is 55.3 Å². The average Bonchev–Trinajstić information content (AvgIpc) is 3.65. The van der Waals surface area contributed by atoms with Crippen molar-refractivity contribution < 1.29 is 27.6 Å². The predicted octanol–water partition coefficient (Wildman–Crippen LogP) is 4.80. The van der Waals surface area contributed by atoms with E-state index in [9.17, 15) is 27.6 Å². The molecule has 1 N–H and O–H groups in total. The third-order valence-electron chi connectivity index (χ3n) is 6.54. The van der Waals surface area contributed by atoms with E-state index in [2.05, 4.69) is 10.4 Å². The molecule has 2 aromatic carbocycles. The lowest BCUT2D eigenvalue weighted by Crippen LogP contribution is -2.50. The highest BCUT2D eigenvalue weighted by molar-refractivity contribution is 6.30. The summed E-state index contributed by atoms with van der Waals surface area (Å²) in [5.41, 5.74) is 0.274. The van der Waals surface area contributed by atoms with E-state index >= 15 is 0 Å². The van der Waals surface area contributed by atoms with Crippen LogP contribution in [0.4, 0.5) is 13.2 Å². The van der Waals surface area contributed by atoms with Gasteiger partial charge in [0, 0.05) is 24.5 Å². The van der Waals surface area contributed by atoms with E-state index in [0.29, 0.717) is 29.4 Å². The van der Waals surface area contributed by atoms with Crippen molar-refractivity contribution in [2.45, 2.75) is 44.8 Å². The molecule has 1 aliphatic carbocycles. The van der Waals surface area contributed by atoms with Crippen LogP contribution in [0.25, 0.3) is 0 Å². The quantitative estimate of drug-likeness (QED) is 0.361. The van der Waals surface area contributed by atoms with E-state index in [1.54, 1.807) is 31.2 Å². The number of alkyl halides is 3. The third kappa shape index (κ3) is 7.12. The van der Waals surface area contributed by atoms with Crippen LogP contribution >= 0.6 is 11.6 Å². The fourth-order valence-corrected chi connectivity index (χ4v) is 4.15. The molecule has 1 unspecified atom stereocenters. The summed E-state index contributed by atoms with van der Waals surface area (Å²) in [6.45, 7) is 2.12. The molecule has 202 valence electrons. The van der Waals surface area contributed by atoms with Gasteiger partial charge >= 0.3 is 6.18 Å². The van der Waals surface area contributed by atoms with Gasteiger partial charge in [-0.25, -0.2) is 5.01 Å². The minimum atomic E-state index is -4.61. The van der Waals surface area contributed by atoms with E-state index in [4.69, 9.17) is 11.6 Å². The molecule has 1 atom stereocenters. The maximum absolute atomic E-state index is 13.3. The number of rotatable bonds is 9. The van der Waals surface area contributed by atoms with Gasteiger partial charge in [-0.3, -0.25) is 14.4 Å². The number of likely N-dealkylation sites (tertiary alicyclic amines) is 1. The Kier molecular flexibility index (Phi) is 8.40. The maximum Gasteiger partial charge on any atom is 0.416 e. The number of carbonyl (C=O) groups excluding carboxylic acids is 3.